The summed E-state index contributed by atoms with van der Waals surface area (Å²) in [5.74, 6) is -0.213. The first-order chi connectivity index (χ1) is 9.13. The van der Waals surface area contributed by atoms with Crippen molar-refractivity contribution in [2.24, 2.45) is 11.1 Å². The highest BCUT2D eigenvalue weighted by Gasteiger charge is 2.34. The van der Waals surface area contributed by atoms with Crippen molar-refractivity contribution in [3.05, 3.63) is 0 Å². The van der Waals surface area contributed by atoms with E-state index < -0.39 is 5.41 Å². The minimum Gasteiger partial charge on any atom is -0.396 e. The van der Waals surface area contributed by atoms with Gasteiger partial charge in [-0.2, -0.15) is 0 Å². The molecular weight excluding hydrogens is 238 g/mol. The molecule has 0 heterocycles. The normalized spacial score (nSPS) is 11.7. The molecular formula is C16H33NO2. The maximum absolute atomic E-state index is 11.8. The Bertz CT molecular complexity index is 217. The molecule has 3 heteroatoms. The lowest BCUT2D eigenvalue weighted by Crippen LogP contribution is -2.38. The molecule has 3 nitrogen and oxygen atoms in total. The molecule has 0 radical (unpaired) electrons. The average molecular weight is 271 g/mol. The van der Waals surface area contributed by atoms with Gasteiger partial charge < -0.3 is 10.8 Å². The number of carbonyl (C=O) groups excluding carboxylic acids is 1. The van der Waals surface area contributed by atoms with Crippen molar-refractivity contribution in [2.75, 3.05) is 6.61 Å². The van der Waals surface area contributed by atoms with Crippen molar-refractivity contribution in [1.82, 2.24) is 0 Å². The van der Waals surface area contributed by atoms with Crippen molar-refractivity contribution >= 4 is 5.91 Å². The monoisotopic (exact) mass is 271 g/mol. The molecule has 0 aromatic carbocycles. The quantitative estimate of drug-likeness (QED) is 0.501. The lowest BCUT2D eigenvalue weighted by atomic mass is 9.74. The number of nitrogens with two attached hydrogens (primary N) is 1. The van der Waals surface area contributed by atoms with Gasteiger partial charge in [-0.15, -0.1) is 0 Å². The second-order valence-electron chi connectivity index (χ2n) is 5.74. The molecule has 0 saturated heterocycles. The number of carbonyl (C=O) groups is 1. The van der Waals surface area contributed by atoms with Gasteiger partial charge in [-0.1, -0.05) is 65.2 Å². The first kappa shape index (κ1) is 18.4. The molecule has 0 aliphatic rings. The van der Waals surface area contributed by atoms with Gasteiger partial charge in [0, 0.05) is 6.61 Å². The molecule has 0 aliphatic heterocycles. The summed E-state index contributed by atoms with van der Waals surface area (Å²) in [5.41, 5.74) is 5.18. The zero-order chi connectivity index (χ0) is 14.6. The smallest absolute Gasteiger partial charge is 0.223 e. The van der Waals surface area contributed by atoms with Gasteiger partial charge in [0.25, 0.3) is 0 Å². The zero-order valence-electron chi connectivity index (χ0n) is 12.9. The van der Waals surface area contributed by atoms with Gasteiger partial charge in [0.2, 0.25) is 5.91 Å². The van der Waals surface area contributed by atoms with Crippen molar-refractivity contribution in [3.8, 4) is 0 Å². The Morgan fingerprint density at radius 2 is 1.37 bits per heavy atom. The molecule has 114 valence electrons. The van der Waals surface area contributed by atoms with Gasteiger partial charge in [-0.05, 0) is 19.3 Å². The van der Waals surface area contributed by atoms with Crippen LogP contribution < -0.4 is 5.73 Å². The van der Waals surface area contributed by atoms with E-state index in [1.807, 2.05) is 0 Å². The van der Waals surface area contributed by atoms with E-state index in [9.17, 15) is 9.90 Å². The van der Waals surface area contributed by atoms with Gasteiger partial charge in [0.05, 0.1) is 5.41 Å². The fourth-order valence-electron chi connectivity index (χ4n) is 2.74. The average Bonchev–Trinajstić information content (AvgIpc) is 2.39. The Morgan fingerprint density at radius 1 is 0.895 bits per heavy atom. The van der Waals surface area contributed by atoms with Gasteiger partial charge in [0.1, 0.15) is 0 Å². The summed E-state index contributed by atoms with van der Waals surface area (Å²) in [4.78, 5) is 11.8. The van der Waals surface area contributed by atoms with Crippen LogP contribution in [0.2, 0.25) is 0 Å². The molecule has 0 atom stereocenters. The third-order valence-corrected chi connectivity index (χ3v) is 4.13. The van der Waals surface area contributed by atoms with Crippen LogP contribution in [0.25, 0.3) is 0 Å². The summed E-state index contributed by atoms with van der Waals surface area (Å²) in [6.07, 6.45) is 11.4. The molecule has 1 amide bonds. The summed E-state index contributed by atoms with van der Waals surface area (Å²) >= 11 is 0. The lowest BCUT2D eigenvalue weighted by molar-refractivity contribution is -0.129. The number of aliphatic hydroxyl groups is 1. The van der Waals surface area contributed by atoms with E-state index in [2.05, 4.69) is 13.8 Å². The number of primary amides is 1. The highest BCUT2D eigenvalue weighted by atomic mass is 16.3. The second-order valence-corrected chi connectivity index (χ2v) is 5.74. The second kappa shape index (κ2) is 11.3. The van der Waals surface area contributed by atoms with Crippen LogP contribution in [0.5, 0.6) is 0 Å². The summed E-state index contributed by atoms with van der Waals surface area (Å²) in [5, 5.41) is 9.25. The molecule has 0 unspecified atom stereocenters. The van der Waals surface area contributed by atoms with E-state index >= 15 is 0 Å². The Morgan fingerprint density at radius 3 is 1.68 bits per heavy atom. The SMILES string of the molecule is CCCCCCC(CCO)(CCCCCC)C(N)=O. The fraction of sp³-hybridized carbons (Fsp3) is 0.938. The number of aliphatic hydroxyl groups excluding tert-OH is 1. The number of amides is 1. The predicted molar refractivity (Wildman–Crippen MR) is 80.8 cm³/mol. The van der Waals surface area contributed by atoms with Gasteiger partial charge in [0.15, 0.2) is 0 Å². The largest absolute Gasteiger partial charge is 0.396 e. The number of unbranched alkanes of at least 4 members (excludes halogenated alkanes) is 6. The van der Waals surface area contributed by atoms with Gasteiger partial charge >= 0.3 is 0 Å². The van der Waals surface area contributed by atoms with Crippen molar-refractivity contribution in [2.45, 2.75) is 84.5 Å². The molecule has 0 aliphatic carbocycles. The van der Waals surface area contributed by atoms with Crippen LogP contribution in [-0.2, 0) is 4.79 Å². The van der Waals surface area contributed by atoms with Gasteiger partial charge in [-0.25, -0.2) is 0 Å². The van der Waals surface area contributed by atoms with Crippen LogP contribution in [0.4, 0.5) is 0 Å². The zero-order valence-corrected chi connectivity index (χ0v) is 12.9. The Labute approximate surface area is 119 Å². The van der Waals surface area contributed by atoms with E-state index in [0.29, 0.717) is 6.42 Å². The van der Waals surface area contributed by atoms with Crippen LogP contribution in [0.3, 0.4) is 0 Å². The van der Waals surface area contributed by atoms with Crippen LogP contribution in [0, 0.1) is 5.41 Å². The number of hydrogen-bond donors (Lipinski definition) is 2. The van der Waals surface area contributed by atoms with Crippen LogP contribution in [0.1, 0.15) is 84.5 Å². The van der Waals surface area contributed by atoms with Crippen molar-refractivity contribution < 1.29 is 9.90 Å². The van der Waals surface area contributed by atoms with Crippen LogP contribution in [-0.4, -0.2) is 17.6 Å². The Hall–Kier alpha value is -0.570. The van der Waals surface area contributed by atoms with Gasteiger partial charge in [-0.3, -0.25) is 4.79 Å². The molecule has 0 fully saturated rings. The van der Waals surface area contributed by atoms with E-state index in [-0.39, 0.29) is 12.5 Å². The molecule has 0 saturated carbocycles. The van der Waals surface area contributed by atoms with E-state index in [1.165, 1.54) is 25.7 Å². The van der Waals surface area contributed by atoms with E-state index in [4.69, 9.17) is 5.73 Å². The third kappa shape index (κ3) is 7.56. The molecule has 3 N–H and O–H groups in total. The topological polar surface area (TPSA) is 63.3 Å². The molecule has 19 heavy (non-hydrogen) atoms. The standard InChI is InChI=1S/C16H33NO2/c1-3-5-7-9-11-16(13-14-18,15(17)19)12-10-8-6-4-2/h18H,3-14H2,1-2H3,(H2,17,19). The third-order valence-electron chi connectivity index (χ3n) is 4.13. The summed E-state index contributed by atoms with van der Waals surface area (Å²) < 4.78 is 0. The maximum Gasteiger partial charge on any atom is 0.223 e. The summed E-state index contributed by atoms with van der Waals surface area (Å²) in [6.45, 7) is 4.42. The highest BCUT2D eigenvalue weighted by molar-refractivity contribution is 5.80. The molecule has 0 spiro atoms. The minimum absolute atomic E-state index is 0.0600. The predicted octanol–water partition coefficient (Wildman–Crippen LogP) is 3.78. The molecule has 0 rings (SSSR count). The Kier molecular flexibility index (Phi) is 10.9. The first-order valence-corrected chi connectivity index (χ1v) is 8.03. The van der Waals surface area contributed by atoms with Crippen LogP contribution >= 0.6 is 0 Å². The maximum atomic E-state index is 11.8. The minimum atomic E-state index is -0.462. The number of rotatable bonds is 13. The van der Waals surface area contributed by atoms with E-state index in [1.54, 1.807) is 0 Å². The summed E-state index contributed by atoms with van der Waals surface area (Å²) in [6, 6.07) is 0. The fourth-order valence-corrected chi connectivity index (χ4v) is 2.74. The lowest BCUT2D eigenvalue weighted by Gasteiger charge is -2.30. The number of hydrogen-bond acceptors (Lipinski definition) is 2. The molecule has 0 bridgehead atoms. The summed E-state index contributed by atoms with van der Waals surface area (Å²) in [7, 11) is 0. The van der Waals surface area contributed by atoms with Crippen molar-refractivity contribution in [3.63, 3.8) is 0 Å². The van der Waals surface area contributed by atoms with Crippen LogP contribution in [0.15, 0.2) is 0 Å². The Balaban J connectivity index is 4.36. The molecule has 0 aromatic rings. The van der Waals surface area contributed by atoms with Crippen molar-refractivity contribution in [1.29, 1.82) is 0 Å². The highest BCUT2D eigenvalue weighted by Crippen LogP contribution is 2.35. The molecule has 0 aromatic heterocycles. The van der Waals surface area contributed by atoms with E-state index in [0.717, 1.165) is 38.5 Å². The first-order valence-electron chi connectivity index (χ1n) is 8.03.